The molecule has 1 heterocycles. The smallest absolute Gasteiger partial charge is 0.438 e. The maximum atomic E-state index is 11.3. The Kier molecular flexibility index (Phi) is 7.88. The Labute approximate surface area is 126 Å². The monoisotopic (exact) mass is 296 g/mol. The van der Waals surface area contributed by atoms with E-state index >= 15 is 0 Å². The minimum absolute atomic E-state index is 0.172. The van der Waals surface area contributed by atoms with Gasteiger partial charge < -0.3 is 18.9 Å². The van der Waals surface area contributed by atoms with Crippen LogP contribution in [0.15, 0.2) is 12.7 Å². The van der Waals surface area contributed by atoms with Crippen molar-refractivity contribution in [1.29, 1.82) is 0 Å². The van der Waals surface area contributed by atoms with Crippen molar-refractivity contribution in [2.75, 3.05) is 20.3 Å². The fourth-order valence-corrected chi connectivity index (χ4v) is 1.94. The standard InChI is InChI=1S/C16H24O5/c1-4-5-10-16(2,21-15(17)18-3)11-8-13-20-14-9-6-7-12-19-14/h4,14H,1,5-7,9-10,12-13H2,2-3H3. The lowest BCUT2D eigenvalue weighted by molar-refractivity contribution is -0.154. The zero-order valence-electron chi connectivity index (χ0n) is 12.9. The number of carbonyl (C=O) groups is 1. The molecule has 5 heteroatoms. The molecule has 1 rings (SSSR count). The third-order valence-electron chi connectivity index (χ3n) is 3.13. The van der Waals surface area contributed by atoms with E-state index in [0.29, 0.717) is 12.8 Å². The van der Waals surface area contributed by atoms with E-state index < -0.39 is 11.8 Å². The van der Waals surface area contributed by atoms with Crippen molar-refractivity contribution in [3.63, 3.8) is 0 Å². The van der Waals surface area contributed by atoms with Crippen LogP contribution in [0.25, 0.3) is 0 Å². The van der Waals surface area contributed by atoms with E-state index in [4.69, 9.17) is 14.2 Å². The summed E-state index contributed by atoms with van der Waals surface area (Å²) in [5, 5.41) is 0. The van der Waals surface area contributed by atoms with E-state index in [1.165, 1.54) is 7.11 Å². The number of allylic oxidation sites excluding steroid dienone is 1. The molecule has 0 amide bonds. The second-order valence-electron chi connectivity index (χ2n) is 5.02. The van der Waals surface area contributed by atoms with Crippen molar-refractivity contribution in [2.45, 2.75) is 50.9 Å². The highest BCUT2D eigenvalue weighted by Gasteiger charge is 2.26. The van der Waals surface area contributed by atoms with Gasteiger partial charge in [0.2, 0.25) is 0 Å². The topological polar surface area (TPSA) is 54.0 Å². The SMILES string of the molecule is C=CCCC(C)(C#CCOC1CCCCO1)OC(=O)OC. The highest BCUT2D eigenvalue weighted by molar-refractivity contribution is 5.60. The first kappa shape index (κ1) is 17.5. The van der Waals surface area contributed by atoms with E-state index in [2.05, 4.69) is 23.2 Å². The minimum atomic E-state index is -0.905. The van der Waals surface area contributed by atoms with Crippen molar-refractivity contribution in [2.24, 2.45) is 0 Å². The van der Waals surface area contributed by atoms with Gasteiger partial charge in [-0.1, -0.05) is 17.9 Å². The molecule has 1 fully saturated rings. The molecular weight excluding hydrogens is 272 g/mol. The van der Waals surface area contributed by atoms with Gasteiger partial charge in [0.1, 0.15) is 6.61 Å². The highest BCUT2D eigenvalue weighted by Crippen LogP contribution is 2.18. The highest BCUT2D eigenvalue weighted by atomic mass is 16.7. The molecule has 1 aliphatic rings. The molecule has 0 radical (unpaired) electrons. The Morgan fingerprint density at radius 1 is 1.52 bits per heavy atom. The Morgan fingerprint density at radius 3 is 2.95 bits per heavy atom. The first-order valence-electron chi connectivity index (χ1n) is 7.21. The molecule has 0 saturated carbocycles. The maximum absolute atomic E-state index is 11.3. The van der Waals surface area contributed by atoms with E-state index in [-0.39, 0.29) is 12.9 Å². The summed E-state index contributed by atoms with van der Waals surface area (Å²) in [5.41, 5.74) is -0.905. The van der Waals surface area contributed by atoms with Crippen molar-refractivity contribution >= 4 is 6.16 Å². The molecule has 0 aromatic rings. The van der Waals surface area contributed by atoms with Gasteiger partial charge in [0.25, 0.3) is 0 Å². The van der Waals surface area contributed by atoms with Crippen LogP contribution in [-0.4, -0.2) is 38.4 Å². The number of hydrogen-bond acceptors (Lipinski definition) is 5. The molecule has 1 saturated heterocycles. The van der Waals surface area contributed by atoms with Gasteiger partial charge in [0, 0.05) is 13.0 Å². The molecule has 1 aliphatic heterocycles. The molecule has 0 aliphatic carbocycles. The lowest BCUT2D eigenvalue weighted by Crippen LogP contribution is -2.30. The van der Waals surface area contributed by atoms with Crippen LogP contribution in [0, 0.1) is 11.8 Å². The Bertz CT molecular complexity index is 389. The summed E-state index contributed by atoms with van der Waals surface area (Å²) in [6, 6.07) is 0. The van der Waals surface area contributed by atoms with Crippen molar-refractivity contribution in [3.05, 3.63) is 12.7 Å². The summed E-state index contributed by atoms with van der Waals surface area (Å²) >= 11 is 0. The first-order valence-corrected chi connectivity index (χ1v) is 7.21. The van der Waals surface area contributed by atoms with Crippen LogP contribution in [0.5, 0.6) is 0 Å². The fraction of sp³-hybridized carbons (Fsp3) is 0.688. The lowest BCUT2D eigenvalue weighted by Gasteiger charge is -2.23. The third kappa shape index (κ3) is 7.16. The first-order chi connectivity index (χ1) is 10.1. The number of hydrogen-bond donors (Lipinski definition) is 0. The number of carbonyl (C=O) groups excluding carboxylic acids is 1. The van der Waals surface area contributed by atoms with Gasteiger partial charge in [0.15, 0.2) is 11.9 Å². The lowest BCUT2D eigenvalue weighted by atomic mass is 10.0. The molecule has 2 unspecified atom stereocenters. The third-order valence-corrected chi connectivity index (χ3v) is 3.13. The molecule has 0 spiro atoms. The second kappa shape index (κ2) is 9.43. The van der Waals surface area contributed by atoms with Crippen molar-refractivity contribution < 1.29 is 23.7 Å². The molecule has 0 aromatic heterocycles. The summed E-state index contributed by atoms with van der Waals surface area (Å²) in [6.45, 7) is 6.39. The fourth-order valence-electron chi connectivity index (χ4n) is 1.94. The van der Waals surface area contributed by atoms with Crippen molar-refractivity contribution in [3.8, 4) is 11.8 Å². The largest absolute Gasteiger partial charge is 0.509 e. The molecular formula is C16H24O5. The molecule has 0 aromatic carbocycles. The Hall–Kier alpha value is -1.51. The summed E-state index contributed by atoms with van der Waals surface area (Å²) in [5.74, 6) is 5.83. The minimum Gasteiger partial charge on any atom is -0.438 e. The summed E-state index contributed by atoms with van der Waals surface area (Å²) in [7, 11) is 1.27. The van der Waals surface area contributed by atoms with E-state index in [9.17, 15) is 4.79 Å². The van der Waals surface area contributed by atoms with E-state index in [1.54, 1.807) is 13.0 Å². The molecule has 5 nitrogen and oxygen atoms in total. The van der Waals surface area contributed by atoms with Crippen LogP contribution in [0.2, 0.25) is 0 Å². The Morgan fingerprint density at radius 2 is 2.33 bits per heavy atom. The average Bonchev–Trinajstić information content (AvgIpc) is 2.50. The van der Waals surface area contributed by atoms with Crippen LogP contribution >= 0.6 is 0 Å². The average molecular weight is 296 g/mol. The van der Waals surface area contributed by atoms with Gasteiger partial charge in [0.05, 0.1) is 7.11 Å². The molecule has 0 N–H and O–H groups in total. The molecule has 21 heavy (non-hydrogen) atoms. The summed E-state index contributed by atoms with van der Waals surface area (Å²) < 4.78 is 20.7. The van der Waals surface area contributed by atoms with Gasteiger partial charge in [-0.15, -0.1) is 6.58 Å². The van der Waals surface area contributed by atoms with Crippen LogP contribution in [-0.2, 0) is 18.9 Å². The maximum Gasteiger partial charge on any atom is 0.509 e. The van der Waals surface area contributed by atoms with Gasteiger partial charge in [-0.2, -0.15) is 0 Å². The normalized spacial score (nSPS) is 20.6. The van der Waals surface area contributed by atoms with Crippen molar-refractivity contribution in [1.82, 2.24) is 0 Å². The zero-order valence-corrected chi connectivity index (χ0v) is 12.9. The quantitative estimate of drug-likeness (QED) is 0.428. The number of ether oxygens (including phenoxy) is 4. The summed E-state index contributed by atoms with van der Waals surface area (Å²) in [4.78, 5) is 11.3. The van der Waals surface area contributed by atoms with Gasteiger partial charge >= 0.3 is 6.16 Å². The number of rotatable bonds is 6. The number of methoxy groups -OCH3 is 1. The molecule has 118 valence electrons. The Balaban J connectivity index is 2.48. The van der Waals surface area contributed by atoms with Gasteiger partial charge in [-0.25, -0.2) is 4.79 Å². The predicted octanol–water partition coefficient (Wildman–Crippen LogP) is 3.04. The van der Waals surface area contributed by atoms with Gasteiger partial charge in [-0.3, -0.25) is 0 Å². The molecule has 0 bridgehead atoms. The van der Waals surface area contributed by atoms with Gasteiger partial charge in [-0.05, 0) is 32.6 Å². The predicted molar refractivity (Wildman–Crippen MR) is 78.6 cm³/mol. The van der Waals surface area contributed by atoms with E-state index in [0.717, 1.165) is 25.9 Å². The summed E-state index contributed by atoms with van der Waals surface area (Å²) in [6.07, 6.45) is 5.17. The van der Waals surface area contributed by atoms with E-state index in [1.807, 2.05) is 0 Å². The molecule has 2 atom stereocenters. The zero-order chi connectivity index (χ0) is 15.6. The van der Waals surface area contributed by atoms with Crippen LogP contribution in [0.4, 0.5) is 4.79 Å². The van der Waals surface area contributed by atoms with Crippen LogP contribution in [0.3, 0.4) is 0 Å². The van der Waals surface area contributed by atoms with Crippen LogP contribution < -0.4 is 0 Å². The second-order valence-corrected chi connectivity index (χ2v) is 5.02. The van der Waals surface area contributed by atoms with Crippen LogP contribution in [0.1, 0.15) is 39.0 Å².